The Bertz CT molecular complexity index is 788. The summed E-state index contributed by atoms with van der Waals surface area (Å²) in [5.41, 5.74) is 3.32. The number of rotatable bonds is 6. The number of aryl methyl sites for hydroxylation is 1. The summed E-state index contributed by atoms with van der Waals surface area (Å²) in [4.78, 5) is 12.7. The number of nitrogens with one attached hydrogen (secondary N) is 1. The number of benzene rings is 2. The van der Waals surface area contributed by atoms with E-state index in [1.54, 1.807) is 27.4 Å². The van der Waals surface area contributed by atoms with Crippen LogP contribution in [-0.4, -0.2) is 27.2 Å². The van der Waals surface area contributed by atoms with Crippen molar-refractivity contribution >= 4 is 5.91 Å². The molecule has 1 aliphatic rings. The molecule has 0 saturated heterocycles. The molecule has 0 aromatic heterocycles. The first kappa shape index (κ1) is 18.1. The first-order valence-electron chi connectivity index (χ1n) is 8.83. The van der Waals surface area contributed by atoms with Gasteiger partial charge in [-0.15, -0.1) is 0 Å². The second-order valence-corrected chi connectivity index (χ2v) is 6.38. The Kier molecular flexibility index (Phi) is 5.66. The van der Waals surface area contributed by atoms with Crippen molar-refractivity contribution in [3.8, 4) is 17.2 Å². The third-order valence-corrected chi connectivity index (χ3v) is 4.84. The highest BCUT2D eigenvalue weighted by Crippen LogP contribution is 2.40. The van der Waals surface area contributed by atoms with Crippen LogP contribution in [-0.2, 0) is 17.6 Å². The van der Waals surface area contributed by atoms with Crippen molar-refractivity contribution in [2.45, 2.75) is 31.7 Å². The van der Waals surface area contributed by atoms with E-state index in [2.05, 4.69) is 23.5 Å². The molecule has 1 N–H and O–H groups in total. The van der Waals surface area contributed by atoms with E-state index in [4.69, 9.17) is 14.2 Å². The van der Waals surface area contributed by atoms with Gasteiger partial charge in [0.05, 0.1) is 33.8 Å². The van der Waals surface area contributed by atoms with Gasteiger partial charge >= 0.3 is 0 Å². The zero-order chi connectivity index (χ0) is 18.5. The van der Waals surface area contributed by atoms with Gasteiger partial charge in [-0.3, -0.25) is 4.79 Å². The summed E-state index contributed by atoms with van der Waals surface area (Å²) in [5, 5.41) is 3.17. The minimum absolute atomic E-state index is 0.0303. The number of carbonyl (C=O) groups is 1. The smallest absolute Gasteiger partial charge is 0.225 e. The molecular formula is C21H25NO4. The van der Waals surface area contributed by atoms with E-state index < -0.39 is 0 Å². The highest BCUT2D eigenvalue weighted by Gasteiger charge is 2.23. The van der Waals surface area contributed by atoms with E-state index in [0.29, 0.717) is 17.2 Å². The van der Waals surface area contributed by atoms with E-state index >= 15 is 0 Å². The van der Waals surface area contributed by atoms with Crippen molar-refractivity contribution < 1.29 is 19.0 Å². The largest absolute Gasteiger partial charge is 0.493 e. The molecule has 26 heavy (non-hydrogen) atoms. The first-order valence-corrected chi connectivity index (χ1v) is 8.83. The Morgan fingerprint density at radius 2 is 1.81 bits per heavy atom. The molecular weight excluding hydrogens is 330 g/mol. The maximum absolute atomic E-state index is 12.7. The van der Waals surface area contributed by atoms with Gasteiger partial charge in [-0.25, -0.2) is 0 Å². The summed E-state index contributed by atoms with van der Waals surface area (Å²) in [6.45, 7) is 0. The quantitative estimate of drug-likeness (QED) is 0.862. The molecule has 0 saturated carbocycles. The minimum Gasteiger partial charge on any atom is -0.493 e. The molecule has 0 spiro atoms. The fraction of sp³-hybridized carbons (Fsp3) is 0.381. The summed E-state index contributed by atoms with van der Waals surface area (Å²) in [7, 11) is 4.70. The maximum atomic E-state index is 12.7. The van der Waals surface area contributed by atoms with Crippen LogP contribution >= 0.6 is 0 Å². The molecule has 0 heterocycles. The van der Waals surface area contributed by atoms with E-state index in [-0.39, 0.29) is 18.4 Å². The second-order valence-electron chi connectivity index (χ2n) is 6.38. The van der Waals surface area contributed by atoms with Crippen LogP contribution in [0.1, 0.15) is 35.6 Å². The third kappa shape index (κ3) is 3.62. The van der Waals surface area contributed by atoms with Crippen molar-refractivity contribution in [3.63, 3.8) is 0 Å². The molecule has 3 rings (SSSR count). The molecule has 2 aromatic carbocycles. The zero-order valence-corrected chi connectivity index (χ0v) is 15.5. The van der Waals surface area contributed by atoms with Crippen LogP contribution in [0, 0.1) is 0 Å². The molecule has 2 aromatic rings. The molecule has 0 fully saturated rings. The van der Waals surface area contributed by atoms with Gasteiger partial charge in [0, 0.05) is 5.56 Å². The predicted molar refractivity (Wildman–Crippen MR) is 100 cm³/mol. The Labute approximate surface area is 154 Å². The van der Waals surface area contributed by atoms with Gasteiger partial charge in [0.25, 0.3) is 0 Å². The van der Waals surface area contributed by atoms with Crippen molar-refractivity contribution in [1.29, 1.82) is 0 Å². The standard InChI is InChI=1S/C21H25NO4/c1-24-18-12-11-15(20(25-2)21(18)26-3)13-19(23)22-17-10-6-8-14-7-4-5-9-16(14)17/h4-5,7,9,11-12,17H,6,8,10,13H2,1-3H3,(H,22,23)/t17-/m1/s1. The Morgan fingerprint density at radius 1 is 1.04 bits per heavy atom. The number of carbonyl (C=O) groups excluding carboxylic acids is 1. The lowest BCUT2D eigenvalue weighted by atomic mass is 9.87. The lowest BCUT2D eigenvalue weighted by molar-refractivity contribution is -0.121. The van der Waals surface area contributed by atoms with Crippen molar-refractivity contribution in [1.82, 2.24) is 5.32 Å². The number of ether oxygens (including phenoxy) is 3. The number of methoxy groups -OCH3 is 3. The molecule has 1 amide bonds. The molecule has 1 aliphatic carbocycles. The van der Waals surface area contributed by atoms with Crippen molar-refractivity contribution in [2.75, 3.05) is 21.3 Å². The summed E-state index contributed by atoms with van der Waals surface area (Å²) in [6.07, 6.45) is 3.35. The van der Waals surface area contributed by atoms with Crippen LogP contribution in [0.4, 0.5) is 0 Å². The SMILES string of the molecule is COc1ccc(CC(=O)N[C@@H]2CCCc3ccccc32)c(OC)c1OC. The van der Waals surface area contributed by atoms with E-state index in [1.165, 1.54) is 11.1 Å². The molecule has 0 unspecified atom stereocenters. The van der Waals surface area contributed by atoms with E-state index in [9.17, 15) is 4.79 Å². The summed E-state index contributed by atoms with van der Waals surface area (Å²) in [6, 6.07) is 12.0. The number of hydrogen-bond donors (Lipinski definition) is 1. The van der Waals surface area contributed by atoms with Crippen LogP contribution < -0.4 is 19.5 Å². The Morgan fingerprint density at radius 3 is 2.54 bits per heavy atom. The number of hydrogen-bond acceptors (Lipinski definition) is 4. The predicted octanol–water partition coefficient (Wildman–Crippen LogP) is 3.45. The molecule has 0 aliphatic heterocycles. The molecule has 5 heteroatoms. The Hall–Kier alpha value is -2.69. The second kappa shape index (κ2) is 8.13. The third-order valence-electron chi connectivity index (χ3n) is 4.84. The monoisotopic (exact) mass is 355 g/mol. The highest BCUT2D eigenvalue weighted by atomic mass is 16.5. The van der Waals surface area contributed by atoms with Crippen LogP contribution in [0.25, 0.3) is 0 Å². The number of fused-ring (bicyclic) bond motifs is 1. The summed E-state index contributed by atoms with van der Waals surface area (Å²) < 4.78 is 16.2. The lowest BCUT2D eigenvalue weighted by Gasteiger charge is -2.26. The maximum Gasteiger partial charge on any atom is 0.225 e. The Balaban J connectivity index is 1.77. The average Bonchev–Trinajstić information content (AvgIpc) is 2.67. The van der Waals surface area contributed by atoms with Gasteiger partial charge in [-0.05, 0) is 36.5 Å². The topological polar surface area (TPSA) is 56.8 Å². The summed E-state index contributed by atoms with van der Waals surface area (Å²) >= 11 is 0. The molecule has 0 radical (unpaired) electrons. The normalized spacial score (nSPS) is 15.7. The van der Waals surface area contributed by atoms with E-state index in [1.807, 2.05) is 12.1 Å². The van der Waals surface area contributed by atoms with Gasteiger partial charge in [-0.2, -0.15) is 0 Å². The molecule has 1 atom stereocenters. The van der Waals surface area contributed by atoms with Crippen LogP contribution in [0.2, 0.25) is 0 Å². The summed E-state index contributed by atoms with van der Waals surface area (Å²) in [5.74, 6) is 1.58. The molecule has 138 valence electrons. The van der Waals surface area contributed by atoms with E-state index in [0.717, 1.165) is 24.8 Å². The van der Waals surface area contributed by atoms with Gasteiger partial charge in [0.2, 0.25) is 11.7 Å². The lowest BCUT2D eigenvalue weighted by Crippen LogP contribution is -2.32. The van der Waals surface area contributed by atoms with Gasteiger partial charge in [0.15, 0.2) is 11.5 Å². The zero-order valence-electron chi connectivity index (χ0n) is 15.5. The minimum atomic E-state index is -0.0303. The highest BCUT2D eigenvalue weighted by molar-refractivity contribution is 5.80. The molecule has 0 bridgehead atoms. The number of amides is 1. The van der Waals surface area contributed by atoms with Gasteiger partial charge in [-0.1, -0.05) is 30.3 Å². The fourth-order valence-electron chi connectivity index (χ4n) is 3.62. The van der Waals surface area contributed by atoms with Gasteiger partial charge < -0.3 is 19.5 Å². The van der Waals surface area contributed by atoms with Crippen LogP contribution in [0.5, 0.6) is 17.2 Å². The first-order chi connectivity index (χ1) is 12.7. The van der Waals surface area contributed by atoms with Gasteiger partial charge in [0.1, 0.15) is 0 Å². The van der Waals surface area contributed by atoms with Crippen molar-refractivity contribution in [3.05, 3.63) is 53.1 Å². The van der Waals surface area contributed by atoms with Crippen LogP contribution in [0.3, 0.4) is 0 Å². The fourth-order valence-corrected chi connectivity index (χ4v) is 3.62. The molecule has 5 nitrogen and oxygen atoms in total. The van der Waals surface area contributed by atoms with Crippen molar-refractivity contribution in [2.24, 2.45) is 0 Å². The average molecular weight is 355 g/mol. The van der Waals surface area contributed by atoms with Crippen LogP contribution in [0.15, 0.2) is 36.4 Å².